The van der Waals surface area contributed by atoms with Gasteiger partial charge in [0, 0.05) is 24.8 Å². The molecule has 1 aromatic rings. The van der Waals surface area contributed by atoms with Crippen LogP contribution < -0.4 is 4.90 Å². The summed E-state index contributed by atoms with van der Waals surface area (Å²) in [6.45, 7) is 3.40. The summed E-state index contributed by atoms with van der Waals surface area (Å²) in [5, 5.41) is 9.67. The van der Waals surface area contributed by atoms with Crippen LogP contribution in [-0.4, -0.2) is 37.6 Å². The lowest BCUT2D eigenvalue weighted by Crippen LogP contribution is -2.41. The third-order valence-electron chi connectivity index (χ3n) is 5.39. The Morgan fingerprint density at radius 1 is 1.26 bits per heavy atom. The van der Waals surface area contributed by atoms with Gasteiger partial charge in [-0.3, -0.25) is 0 Å². The fourth-order valence-corrected chi connectivity index (χ4v) is 4.27. The Labute approximate surface area is 144 Å². The Bertz CT molecular complexity index is 574. The Kier molecular flexibility index (Phi) is 5.46. The van der Waals surface area contributed by atoms with E-state index in [9.17, 15) is 0 Å². The highest BCUT2D eigenvalue weighted by molar-refractivity contribution is 6.32. The minimum Gasteiger partial charge on any atom is -0.367 e. The molecule has 0 radical (unpaired) electrons. The molecule has 1 aliphatic carbocycles. The molecular weight excluding hydrogens is 306 g/mol. The number of hydrogen-bond acceptors (Lipinski definition) is 3. The molecule has 1 saturated heterocycles. The lowest BCUT2D eigenvalue weighted by Gasteiger charge is -2.36. The van der Waals surface area contributed by atoms with Crippen molar-refractivity contribution < 1.29 is 0 Å². The van der Waals surface area contributed by atoms with Crippen LogP contribution in [0.5, 0.6) is 0 Å². The van der Waals surface area contributed by atoms with Crippen molar-refractivity contribution >= 4 is 17.3 Å². The van der Waals surface area contributed by atoms with Gasteiger partial charge >= 0.3 is 0 Å². The van der Waals surface area contributed by atoms with E-state index in [-0.39, 0.29) is 0 Å². The second kappa shape index (κ2) is 7.55. The van der Waals surface area contributed by atoms with Crippen LogP contribution in [0.15, 0.2) is 18.2 Å². The van der Waals surface area contributed by atoms with Crippen LogP contribution >= 0.6 is 11.6 Å². The Morgan fingerprint density at radius 3 is 2.65 bits per heavy atom. The number of likely N-dealkylation sites (N-methyl/N-ethyl adjacent to an activating group) is 1. The average molecular weight is 332 g/mol. The van der Waals surface area contributed by atoms with Crippen molar-refractivity contribution in [2.75, 3.05) is 31.6 Å². The summed E-state index contributed by atoms with van der Waals surface area (Å²) < 4.78 is 0. The maximum atomic E-state index is 9.10. The first kappa shape index (κ1) is 16.6. The fourth-order valence-electron chi connectivity index (χ4n) is 4.05. The van der Waals surface area contributed by atoms with Gasteiger partial charge in [0.2, 0.25) is 0 Å². The van der Waals surface area contributed by atoms with E-state index in [1.807, 2.05) is 12.1 Å². The van der Waals surface area contributed by atoms with E-state index in [0.717, 1.165) is 25.6 Å². The van der Waals surface area contributed by atoms with E-state index in [4.69, 9.17) is 16.9 Å². The average Bonchev–Trinajstić information content (AvgIpc) is 3.00. The van der Waals surface area contributed by atoms with Crippen LogP contribution in [-0.2, 0) is 0 Å². The first-order valence-corrected chi connectivity index (χ1v) is 9.20. The van der Waals surface area contributed by atoms with Gasteiger partial charge in [0.05, 0.1) is 10.6 Å². The van der Waals surface area contributed by atoms with Gasteiger partial charge in [-0.05, 0) is 57.0 Å². The molecule has 0 spiro atoms. The van der Waals surface area contributed by atoms with Crippen LogP contribution in [0, 0.1) is 17.2 Å². The number of nitrogens with zero attached hydrogens (tertiary/aromatic N) is 3. The number of benzene rings is 1. The predicted octanol–water partition coefficient (Wildman–Crippen LogP) is 4.30. The van der Waals surface area contributed by atoms with E-state index < -0.39 is 0 Å². The molecule has 0 N–H and O–H groups in total. The monoisotopic (exact) mass is 331 g/mol. The number of hydrogen-bond donors (Lipinski definition) is 0. The summed E-state index contributed by atoms with van der Waals surface area (Å²) in [7, 11) is 2.20. The van der Waals surface area contributed by atoms with Gasteiger partial charge in [-0.15, -0.1) is 0 Å². The van der Waals surface area contributed by atoms with E-state index >= 15 is 0 Å². The molecule has 1 heterocycles. The SMILES string of the molecule is CN1CC[C@H](N(CC2CCCCC2)c2ccc(C#N)c(Cl)c2)C1. The van der Waals surface area contributed by atoms with Crippen LogP contribution in [0.4, 0.5) is 5.69 Å². The van der Waals surface area contributed by atoms with Crippen molar-refractivity contribution in [2.45, 2.75) is 44.6 Å². The quantitative estimate of drug-likeness (QED) is 0.824. The summed E-state index contributed by atoms with van der Waals surface area (Å²) in [6, 6.07) is 8.65. The van der Waals surface area contributed by atoms with Crippen molar-refractivity contribution in [1.29, 1.82) is 5.26 Å². The second-order valence-corrected chi connectivity index (χ2v) is 7.54. The van der Waals surface area contributed by atoms with E-state index in [2.05, 4.69) is 29.0 Å². The number of anilines is 1. The van der Waals surface area contributed by atoms with Crippen molar-refractivity contribution in [3.8, 4) is 6.07 Å². The zero-order chi connectivity index (χ0) is 16.2. The number of likely N-dealkylation sites (tertiary alicyclic amines) is 1. The van der Waals surface area contributed by atoms with Gasteiger partial charge in [0.1, 0.15) is 6.07 Å². The van der Waals surface area contributed by atoms with Gasteiger partial charge in [-0.1, -0.05) is 30.9 Å². The zero-order valence-electron chi connectivity index (χ0n) is 14.0. The largest absolute Gasteiger partial charge is 0.367 e. The molecule has 0 unspecified atom stereocenters. The maximum absolute atomic E-state index is 9.10. The highest BCUT2D eigenvalue weighted by atomic mass is 35.5. The van der Waals surface area contributed by atoms with E-state index in [1.165, 1.54) is 44.2 Å². The molecule has 2 fully saturated rings. The summed E-state index contributed by atoms with van der Waals surface area (Å²) in [5.74, 6) is 0.795. The number of nitriles is 1. The van der Waals surface area contributed by atoms with Crippen LogP contribution in [0.3, 0.4) is 0 Å². The minimum atomic E-state index is 0.561. The summed E-state index contributed by atoms with van der Waals surface area (Å²) >= 11 is 6.29. The van der Waals surface area contributed by atoms with E-state index in [0.29, 0.717) is 16.6 Å². The fraction of sp³-hybridized carbons (Fsp3) is 0.632. The second-order valence-electron chi connectivity index (χ2n) is 7.14. The summed E-state index contributed by atoms with van der Waals surface area (Å²) in [5.41, 5.74) is 1.75. The summed E-state index contributed by atoms with van der Waals surface area (Å²) in [6.07, 6.45) is 8.05. The molecule has 0 bridgehead atoms. The third-order valence-corrected chi connectivity index (χ3v) is 5.70. The van der Waals surface area contributed by atoms with Gasteiger partial charge < -0.3 is 9.80 Å². The van der Waals surface area contributed by atoms with Gasteiger partial charge in [-0.2, -0.15) is 5.26 Å². The van der Waals surface area contributed by atoms with E-state index in [1.54, 1.807) is 0 Å². The Morgan fingerprint density at radius 2 is 2.04 bits per heavy atom. The number of rotatable bonds is 4. The first-order chi connectivity index (χ1) is 11.2. The molecule has 3 rings (SSSR count). The normalized spacial score (nSPS) is 22.9. The van der Waals surface area contributed by atoms with Crippen molar-refractivity contribution in [1.82, 2.24) is 4.90 Å². The molecule has 0 aromatic heterocycles. The lowest BCUT2D eigenvalue weighted by molar-refractivity contribution is 0.345. The highest BCUT2D eigenvalue weighted by Crippen LogP contribution is 2.31. The van der Waals surface area contributed by atoms with Crippen molar-refractivity contribution in [3.05, 3.63) is 28.8 Å². The molecule has 23 heavy (non-hydrogen) atoms. The molecule has 1 saturated carbocycles. The molecule has 0 amide bonds. The molecule has 3 nitrogen and oxygen atoms in total. The Hall–Kier alpha value is -1.24. The summed E-state index contributed by atoms with van der Waals surface area (Å²) in [4.78, 5) is 4.97. The highest BCUT2D eigenvalue weighted by Gasteiger charge is 2.28. The Balaban J connectivity index is 1.81. The first-order valence-electron chi connectivity index (χ1n) is 8.82. The third kappa shape index (κ3) is 4.00. The number of halogens is 1. The van der Waals surface area contributed by atoms with Crippen LogP contribution in [0.1, 0.15) is 44.1 Å². The van der Waals surface area contributed by atoms with Crippen molar-refractivity contribution in [2.24, 2.45) is 5.92 Å². The van der Waals surface area contributed by atoms with Gasteiger partial charge in [-0.25, -0.2) is 0 Å². The zero-order valence-corrected chi connectivity index (χ0v) is 14.7. The molecule has 2 aliphatic rings. The molecule has 1 aliphatic heterocycles. The molecule has 4 heteroatoms. The van der Waals surface area contributed by atoms with Crippen LogP contribution in [0.25, 0.3) is 0 Å². The van der Waals surface area contributed by atoms with Crippen molar-refractivity contribution in [3.63, 3.8) is 0 Å². The van der Waals surface area contributed by atoms with Gasteiger partial charge in [0.25, 0.3) is 0 Å². The molecular formula is C19H26ClN3. The topological polar surface area (TPSA) is 30.3 Å². The molecule has 1 aromatic carbocycles. The lowest BCUT2D eigenvalue weighted by atomic mass is 9.88. The molecule has 1 atom stereocenters. The van der Waals surface area contributed by atoms with Crippen LogP contribution in [0.2, 0.25) is 5.02 Å². The standard InChI is InChI=1S/C19H26ClN3/c1-22-10-9-18(14-22)23(13-15-5-3-2-4-6-15)17-8-7-16(12-21)19(20)11-17/h7-8,11,15,18H,2-6,9-10,13-14H2,1H3/t18-/m0/s1. The van der Waals surface area contributed by atoms with Gasteiger partial charge in [0.15, 0.2) is 0 Å². The smallest absolute Gasteiger partial charge is 0.101 e. The maximum Gasteiger partial charge on any atom is 0.101 e. The minimum absolute atomic E-state index is 0.561. The molecule has 124 valence electrons. The predicted molar refractivity (Wildman–Crippen MR) is 96.0 cm³/mol.